The largest absolute Gasteiger partial charge is 0.374 e. The van der Waals surface area contributed by atoms with Gasteiger partial charge in [-0.1, -0.05) is 72.3 Å². The Bertz CT molecular complexity index is 1190. The summed E-state index contributed by atoms with van der Waals surface area (Å²) >= 11 is 6.76. The molecule has 35 heavy (non-hydrogen) atoms. The van der Waals surface area contributed by atoms with Crippen LogP contribution in [0.4, 0.5) is 5.82 Å². The molecule has 0 atom stereocenters. The molecule has 0 spiro atoms. The lowest BCUT2D eigenvalue weighted by molar-refractivity contribution is 0.126. The summed E-state index contributed by atoms with van der Waals surface area (Å²) < 4.78 is 8.03. The second kappa shape index (κ2) is 12.2. The highest BCUT2D eigenvalue weighted by Gasteiger charge is 2.23. The van der Waals surface area contributed by atoms with Crippen LogP contribution in [0.1, 0.15) is 42.3 Å². The molecule has 7 heteroatoms. The number of fused-ring (bicyclic) bond motifs is 1. The lowest BCUT2D eigenvalue weighted by atomic mass is 10.1. The number of nitrogens with zero attached hydrogens (tertiary/aromatic N) is 4. The van der Waals surface area contributed by atoms with Crippen LogP contribution in [0.5, 0.6) is 0 Å². The van der Waals surface area contributed by atoms with Gasteiger partial charge in [-0.05, 0) is 44.4 Å². The van der Waals surface area contributed by atoms with Gasteiger partial charge in [-0.2, -0.15) is 0 Å². The molecule has 0 amide bonds. The Morgan fingerprint density at radius 2 is 1.57 bits per heavy atom. The first-order valence-corrected chi connectivity index (χ1v) is 12.7. The Morgan fingerprint density at radius 1 is 0.943 bits per heavy atom. The van der Waals surface area contributed by atoms with Crippen molar-refractivity contribution in [2.24, 2.45) is 5.73 Å². The van der Waals surface area contributed by atoms with Crippen LogP contribution in [-0.4, -0.2) is 27.7 Å². The van der Waals surface area contributed by atoms with Crippen molar-refractivity contribution in [3.8, 4) is 0 Å². The molecule has 0 saturated heterocycles. The fourth-order valence-electron chi connectivity index (χ4n) is 4.36. The van der Waals surface area contributed by atoms with Crippen LogP contribution in [0, 0.1) is 6.92 Å². The number of nitrogens with two attached hydrogens (primary N) is 1. The summed E-state index contributed by atoms with van der Waals surface area (Å²) in [6, 6.07) is 20.9. The Kier molecular flexibility index (Phi) is 8.74. The maximum absolute atomic E-state index is 6.76. The SMILES string of the molecule is CCOCc1nc2c(N(Cc3ccccc3)Cc3ccccc3)nc(Cl)c(C)c2n1CCCCN. The molecule has 0 unspecified atom stereocenters. The highest BCUT2D eigenvalue weighted by molar-refractivity contribution is 6.31. The topological polar surface area (TPSA) is 69.2 Å². The molecule has 6 nitrogen and oxygen atoms in total. The first-order valence-electron chi connectivity index (χ1n) is 12.3. The van der Waals surface area contributed by atoms with E-state index in [2.05, 4.69) is 58.0 Å². The molecular weight excluding hydrogens is 458 g/mol. The summed E-state index contributed by atoms with van der Waals surface area (Å²) in [5.41, 5.74) is 11.0. The lowest BCUT2D eigenvalue weighted by Crippen LogP contribution is -2.24. The summed E-state index contributed by atoms with van der Waals surface area (Å²) in [6.45, 7) is 7.96. The minimum absolute atomic E-state index is 0.446. The third-order valence-corrected chi connectivity index (χ3v) is 6.50. The van der Waals surface area contributed by atoms with Crippen LogP contribution in [0.2, 0.25) is 5.15 Å². The number of aryl methyl sites for hydroxylation is 2. The van der Waals surface area contributed by atoms with Gasteiger partial charge in [0.1, 0.15) is 23.1 Å². The molecule has 0 aliphatic rings. The fraction of sp³-hybridized carbons (Fsp3) is 0.357. The highest BCUT2D eigenvalue weighted by atomic mass is 35.5. The number of imidazole rings is 1. The van der Waals surface area contributed by atoms with Gasteiger partial charge in [-0.3, -0.25) is 0 Å². The van der Waals surface area contributed by atoms with Gasteiger partial charge in [0.05, 0.1) is 5.52 Å². The molecule has 0 aliphatic heterocycles. The third-order valence-electron chi connectivity index (χ3n) is 6.13. The number of aromatic nitrogens is 3. The summed E-state index contributed by atoms with van der Waals surface area (Å²) in [5.74, 6) is 1.69. The van der Waals surface area contributed by atoms with E-state index in [1.54, 1.807) is 0 Å². The summed E-state index contributed by atoms with van der Waals surface area (Å²) in [5, 5.41) is 0.501. The smallest absolute Gasteiger partial charge is 0.159 e. The van der Waals surface area contributed by atoms with Crippen molar-refractivity contribution in [2.45, 2.75) is 52.9 Å². The van der Waals surface area contributed by atoms with Crippen molar-refractivity contribution in [3.05, 3.63) is 88.3 Å². The molecule has 184 valence electrons. The normalized spacial score (nSPS) is 11.3. The van der Waals surface area contributed by atoms with Crippen LogP contribution in [0.3, 0.4) is 0 Å². The number of hydrogen-bond acceptors (Lipinski definition) is 5. The summed E-state index contributed by atoms with van der Waals surface area (Å²) in [7, 11) is 0. The number of halogens is 1. The van der Waals surface area contributed by atoms with Crippen LogP contribution >= 0.6 is 11.6 Å². The molecule has 4 rings (SSSR count). The number of rotatable bonds is 12. The van der Waals surface area contributed by atoms with Crippen molar-refractivity contribution in [2.75, 3.05) is 18.1 Å². The molecule has 0 radical (unpaired) electrons. The zero-order chi connectivity index (χ0) is 24.6. The van der Waals surface area contributed by atoms with Gasteiger partial charge in [-0.15, -0.1) is 0 Å². The van der Waals surface area contributed by atoms with Gasteiger partial charge in [0.15, 0.2) is 5.82 Å². The first kappa shape index (κ1) is 25.2. The maximum Gasteiger partial charge on any atom is 0.159 e. The fourth-order valence-corrected chi connectivity index (χ4v) is 4.52. The second-order valence-corrected chi connectivity index (χ2v) is 9.05. The Hall–Kier alpha value is -2.93. The van der Waals surface area contributed by atoms with Crippen LogP contribution in [0.15, 0.2) is 60.7 Å². The summed E-state index contributed by atoms with van der Waals surface area (Å²) in [4.78, 5) is 12.2. The van der Waals surface area contributed by atoms with Gasteiger partial charge in [0.2, 0.25) is 0 Å². The van der Waals surface area contributed by atoms with Crippen molar-refractivity contribution >= 4 is 28.5 Å². The monoisotopic (exact) mass is 491 g/mol. The zero-order valence-electron chi connectivity index (χ0n) is 20.6. The minimum Gasteiger partial charge on any atom is -0.374 e. The number of benzene rings is 2. The lowest BCUT2D eigenvalue weighted by Gasteiger charge is -2.25. The number of hydrogen-bond donors (Lipinski definition) is 1. The number of unbranched alkanes of at least 4 members (excludes halogenated alkanes) is 1. The van der Waals surface area contributed by atoms with E-state index >= 15 is 0 Å². The van der Waals surface area contributed by atoms with Gasteiger partial charge in [-0.25, -0.2) is 9.97 Å². The van der Waals surface area contributed by atoms with E-state index in [0.29, 0.717) is 38.0 Å². The number of pyridine rings is 1. The molecule has 2 aromatic carbocycles. The summed E-state index contributed by atoms with van der Waals surface area (Å²) in [6.07, 6.45) is 1.92. The number of anilines is 1. The average Bonchev–Trinajstić information content (AvgIpc) is 3.24. The van der Waals surface area contributed by atoms with E-state index in [0.717, 1.165) is 47.6 Å². The van der Waals surface area contributed by atoms with Gasteiger partial charge < -0.3 is 19.9 Å². The van der Waals surface area contributed by atoms with Crippen molar-refractivity contribution < 1.29 is 4.74 Å². The van der Waals surface area contributed by atoms with E-state index in [9.17, 15) is 0 Å². The van der Waals surface area contributed by atoms with Crippen LogP contribution in [0.25, 0.3) is 11.0 Å². The zero-order valence-corrected chi connectivity index (χ0v) is 21.3. The predicted molar refractivity (Wildman–Crippen MR) is 144 cm³/mol. The van der Waals surface area contributed by atoms with Gasteiger partial charge in [0, 0.05) is 31.8 Å². The van der Waals surface area contributed by atoms with Gasteiger partial charge in [0.25, 0.3) is 0 Å². The van der Waals surface area contributed by atoms with Gasteiger partial charge >= 0.3 is 0 Å². The average molecular weight is 492 g/mol. The second-order valence-electron chi connectivity index (χ2n) is 8.69. The van der Waals surface area contributed by atoms with E-state index < -0.39 is 0 Å². The maximum atomic E-state index is 6.76. The molecule has 0 bridgehead atoms. The standard InChI is InChI=1S/C28H34ClN5O/c1-3-35-20-24-31-25-26(34(24)17-11-10-16-30)21(2)27(29)32-28(25)33(18-22-12-6-4-7-13-22)19-23-14-8-5-9-15-23/h4-9,12-15H,3,10-11,16-20,30H2,1-2H3. The van der Waals surface area contributed by atoms with E-state index in [1.165, 1.54) is 11.1 Å². The van der Waals surface area contributed by atoms with Crippen molar-refractivity contribution in [1.82, 2.24) is 14.5 Å². The Morgan fingerprint density at radius 3 is 2.14 bits per heavy atom. The van der Waals surface area contributed by atoms with Crippen molar-refractivity contribution in [1.29, 1.82) is 0 Å². The highest BCUT2D eigenvalue weighted by Crippen LogP contribution is 2.34. The Balaban J connectivity index is 1.85. The molecule has 2 heterocycles. The van der Waals surface area contributed by atoms with Crippen molar-refractivity contribution in [3.63, 3.8) is 0 Å². The molecule has 0 aliphatic carbocycles. The van der Waals surface area contributed by atoms with Crippen LogP contribution < -0.4 is 10.6 Å². The molecule has 2 N–H and O–H groups in total. The molecule has 0 fully saturated rings. The molecule has 0 saturated carbocycles. The molecule has 4 aromatic rings. The van der Waals surface area contributed by atoms with E-state index in [1.807, 2.05) is 26.0 Å². The molecule has 2 aromatic heterocycles. The minimum atomic E-state index is 0.446. The third kappa shape index (κ3) is 6.01. The first-order chi connectivity index (χ1) is 17.1. The predicted octanol–water partition coefficient (Wildman–Crippen LogP) is 5.88. The quantitative estimate of drug-likeness (QED) is 0.198. The van der Waals surface area contributed by atoms with E-state index in [4.69, 9.17) is 32.0 Å². The van der Waals surface area contributed by atoms with Crippen LogP contribution in [-0.2, 0) is 31.0 Å². The Labute approximate surface area is 212 Å². The number of ether oxygens (including phenoxy) is 1. The molecular formula is C28H34ClN5O. The van der Waals surface area contributed by atoms with E-state index in [-0.39, 0.29) is 0 Å².